The molecule has 0 aromatic heterocycles. The number of carbonyl (C=O) groups excluding carboxylic acids is 1. The lowest BCUT2D eigenvalue weighted by molar-refractivity contribution is -0.130. The van der Waals surface area contributed by atoms with Crippen LogP contribution in [-0.4, -0.2) is 36.2 Å². The first-order valence-electron chi connectivity index (χ1n) is 5.53. The third-order valence-corrected chi connectivity index (χ3v) is 2.78. The molecule has 1 unspecified atom stereocenters. The number of aliphatic hydroxyl groups excluding tert-OH is 1. The summed E-state index contributed by atoms with van der Waals surface area (Å²) in [5, 5.41) is 10.4. The first-order chi connectivity index (χ1) is 8.84. The molecule has 106 valence electrons. The van der Waals surface area contributed by atoms with Gasteiger partial charge in [-0.1, -0.05) is 15.9 Å². The van der Waals surface area contributed by atoms with E-state index in [4.69, 9.17) is 9.84 Å². The predicted octanol–water partition coefficient (Wildman–Crippen LogP) is 1.96. The Hall–Kier alpha value is -1.21. The van der Waals surface area contributed by atoms with Crippen molar-refractivity contribution in [3.8, 4) is 5.75 Å². The number of nitrogens with one attached hydrogen (secondary N) is 1. The summed E-state index contributed by atoms with van der Waals surface area (Å²) in [4.78, 5) is 11.5. The lowest BCUT2D eigenvalue weighted by Crippen LogP contribution is -2.44. The standard InChI is InChI=1S/C12H14BrF2NO3/c1-8(11(18)16-6-12(14,15)7-17)19-10-4-2-9(13)3-5-10/h2-5,8,17H,6-7H2,1H3,(H,16,18). The van der Waals surface area contributed by atoms with Crippen molar-refractivity contribution in [1.29, 1.82) is 0 Å². The molecular formula is C12H14BrF2NO3. The zero-order valence-corrected chi connectivity index (χ0v) is 11.8. The summed E-state index contributed by atoms with van der Waals surface area (Å²) in [5.41, 5.74) is 0. The molecule has 0 aliphatic carbocycles. The molecule has 1 atom stereocenters. The number of hydrogen-bond donors (Lipinski definition) is 2. The number of ether oxygens (including phenoxy) is 1. The minimum absolute atomic E-state index is 0.458. The molecule has 0 aliphatic rings. The summed E-state index contributed by atoms with van der Waals surface area (Å²) in [6, 6.07) is 6.77. The Kier molecular flexibility index (Phi) is 5.68. The monoisotopic (exact) mass is 337 g/mol. The van der Waals surface area contributed by atoms with Crippen LogP contribution >= 0.6 is 15.9 Å². The molecule has 0 bridgehead atoms. The topological polar surface area (TPSA) is 58.6 Å². The number of alkyl halides is 2. The number of rotatable bonds is 6. The highest BCUT2D eigenvalue weighted by Gasteiger charge is 2.29. The van der Waals surface area contributed by atoms with Crippen LogP contribution in [-0.2, 0) is 4.79 Å². The Balaban J connectivity index is 2.47. The van der Waals surface area contributed by atoms with E-state index in [-0.39, 0.29) is 0 Å². The number of amides is 1. The maximum absolute atomic E-state index is 12.7. The molecule has 0 radical (unpaired) electrons. The third-order valence-electron chi connectivity index (χ3n) is 2.25. The van der Waals surface area contributed by atoms with Gasteiger partial charge in [0.2, 0.25) is 0 Å². The Morgan fingerprint density at radius 3 is 2.58 bits per heavy atom. The largest absolute Gasteiger partial charge is 0.481 e. The van der Waals surface area contributed by atoms with Crippen molar-refractivity contribution < 1.29 is 23.4 Å². The highest BCUT2D eigenvalue weighted by molar-refractivity contribution is 9.10. The van der Waals surface area contributed by atoms with Crippen molar-refractivity contribution in [3.63, 3.8) is 0 Å². The minimum atomic E-state index is -3.33. The van der Waals surface area contributed by atoms with Crippen molar-refractivity contribution in [2.45, 2.75) is 19.0 Å². The molecule has 1 aromatic rings. The van der Waals surface area contributed by atoms with Gasteiger partial charge in [0.1, 0.15) is 12.4 Å². The highest BCUT2D eigenvalue weighted by atomic mass is 79.9. The van der Waals surface area contributed by atoms with Gasteiger partial charge in [0.05, 0.1) is 6.54 Å². The Labute approximate surface area is 117 Å². The number of aliphatic hydroxyl groups is 1. The van der Waals surface area contributed by atoms with Crippen molar-refractivity contribution in [2.24, 2.45) is 0 Å². The molecule has 0 spiro atoms. The Bertz CT molecular complexity index is 425. The Morgan fingerprint density at radius 2 is 2.05 bits per heavy atom. The second kappa shape index (κ2) is 6.81. The van der Waals surface area contributed by atoms with Gasteiger partial charge in [0, 0.05) is 4.47 Å². The lowest BCUT2D eigenvalue weighted by atomic mass is 10.3. The molecule has 1 amide bonds. The van der Waals surface area contributed by atoms with E-state index in [0.717, 1.165) is 4.47 Å². The fourth-order valence-electron chi connectivity index (χ4n) is 1.19. The molecular weight excluding hydrogens is 324 g/mol. The summed E-state index contributed by atoms with van der Waals surface area (Å²) in [5.74, 6) is -3.54. The van der Waals surface area contributed by atoms with E-state index in [1.54, 1.807) is 24.3 Å². The van der Waals surface area contributed by atoms with Crippen LogP contribution < -0.4 is 10.1 Å². The van der Waals surface area contributed by atoms with Crippen molar-refractivity contribution in [1.82, 2.24) is 5.32 Å². The number of benzene rings is 1. The van der Waals surface area contributed by atoms with E-state index in [0.29, 0.717) is 5.75 Å². The maximum Gasteiger partial charge on any atom is 0.287 e. The van der Waals surface area contributed by atoms with E-state index in [1.807, 2.05) is 5.32 Å². The van der Waals surface area contributed by atoms with Crippen LogP contribution in [0.15, 0.2) is 28.7 Å². The van der Waals surface area contributed by atoms with Crippen molar-refractivity contribution in [2.75, 3.05) is 13.2 Å². The smallest absolute Gasteiger partial charge is 0.287 e. The van der Waals surface area contributed by atoms with E-state index in [2.05, 4.69) is 15.9 Å². The van der Waals surface area contributed by atoms with Gasteiger partial charge in [0.25, 0.3) is 11.8 Å². The summed E-state index contributed by atoms with van der Waals surface area (Å²) in [6.07, 6.45) is -0.907. The first kappa shape index (κ1) is 15.8. The quantitative estimate of drug-likeness (QED) is 0.834. The van der Waals surface area contributed by atoms with Crippen LogP contribution in [0.2, 0.25) is 0 Å². The first-order valence-corrected chi connectivity index (χ1v) is 6.32. The molecule has 4 nitrogen and oxygen atoms in total. The normalized spacial score (nSPS) is 12.9. The van der Waals surface area contributed by atoms with Crippen molar-refractivity contribution in [3.05, 3.63) is 28.7 Å². The summed E-state index contributed by atoms with van der Waals surface area (Å²) >= 11 is 3.25. The fourth-order valence-corrected chi connectivity index (χ4v) is 1.45. The number of carbonyl (C=O) groups is 1. The molecule has 19 heavy (non-hydrogen) atoms. The van der Waals surface area contributed by atoms with Crippen molar-refractivity contribution >= 4 is 21.8 Å². The van der Waals surface area contributed by atoms with Gasteiger partial charge in [-0.25, -0.2) is 8.78 Å². The van der Waals surface area contributed by atoms with E-state index in [9.17, 15) is 13.6 Å². The van der Waals surface area contributed by atoms with Gasteiger partial charge in [-0.05, 0) is 31.2 Å². The minimum Gasteiger partial charge on any atom is -0.481 e. The molecule has 2 N–H and O–H groups in total. The summed E-state index contributed by atoms with van der Waals surface area (Å²) in [7, 11) is 0. The SMILES string of the molecule is CC(Oc1ccc(Br)cc1)C(=O)NCC(F)(F)CO. The van der Waals surface area contributed by atoms with E-state index < -0.39 is 31.1 Å². The van der Waals surface area contributed by atoms with Gasteiger partial charge < -0.3 is 15.2 Å². The molecule has 1 rings (SSSR count). The summed E-state index contributed by atoms with van der Waals surface area (Å²) in [6.45, 7) is -0.778. The van der Waals surface area contributed by atoms with Crippen LogP contribution in [0.3, 0.4) is 0 Å². The molecule has 0 fully saturated rings. The molecule has 1 aromatic carbocycles. The second-order valence-corrected chi connectivity index (χ2v) is 4.86. The molecule has 0 aliphatic heterocycles. The van der Waals surface area contributed by atoms with Gasteiger partial charge in [0.15, 0.2) is 6.10 Å². The Morgan fingerprint density at radius 1 is 1.47 bits per heavy atom. The average Bonchev–Trinajstić information content (AvgIpc) is 2.38. The van der Waals surface area contributed by atoms with Crippen LogP contribution in [0.25, 0.3) is 0 Å². The number of hydrogen-bond acceptors (Lipinski definition) is 3. The number of halogens is 3. The molecule has 7 heteroatoms. The third kappa shape index (κ3) is 5.52. The molecule has 0 saturated heterocycles. The fraction of sp³-hybridized carbons (Fsp3) is 0.417. The molecule has 0 saturated carbocycles. The predicted molar refractivity (Wildman–Crippen MR) is 69.3 cm³/mol. The molecule has 0 heterocycles. The van der Waals surface area contributed by atoms with Gasteiger partial charge >= 0.3 is 0 Å². The van der Waals surface area contributed by atoms with E-state index >= 15 is 0 Å². The van der Waals surface area contributed by atoms with Gasteiger partial charge in [-0.3, -0.25) is 4.79 Å². The van der Waals surface area contributed by atoms with Crippen LogP contribution in [0.4, 0.5) is 8.78 Å². The summed E-state index contributed by atoms with van der Waals surface area (Å²) < 4.78 is 31.6. The van der Waals surface area contributed by atoms with E-state index in [1.165, 1.54) is 6.92 Å². The lowest BCUT2D eigenvalue weighted by Gasteiger charge is -2.17. The zero-order valence-electron chi connectivity index (χ0n) is 10.2. The maximum atomic E-state index is 12.7. The van der Waals surface area contributed by atoms with Gasteiger partial charge in [-0.2, -0.15) is 0 Å². The average molecular weight is 338 g/mol. The van der Waals surface area contributed by atoms with Crippen LogP contribution in [0.5, 0.6) is 5.75 Å². The highest BCUT2D eigenvalue weighted by Crippen LogP contribution is 2.17. The van der Waals surface area contributed by atoms with Gasteiger partial charge in [-0.15, -0.1) is 0 Å². The van der Waals surface area contributed by atoms with Crippen LogP contribution in [0, 0.1) is 0 Å². The zero-order chi connectivity index (χ0) is 14.5. The second-order valence-electron chi connectivity index (χ2n) is 3.95. The van der Waals surface area contributed by atoms with Crippen LogP contribution in [0.1, 0.15) is 6.92 Å².